The highest BCUT2D eigenvalue weighted by Crippen LogP contribution is 2.81. The monoisotopic (exact) mass is 632 g/mol. The fourth-order valence-electron chi connectivity index (χ4n) is 7.82. The zero-order chi connectivity index (χ0) is 32.1. The van der Waals surface area contributed by atoms with Crippen LogP contribution in [0.3, 0.4) is 0 Å². The van der Waals surface area contributed by atoms with E-state index >= 15 is 0 Å². The van der Waals surface area contributed by atoms with E-state index in [1.807, 2.05) is 0 Å². The van der Waals surface area contributed by atoms with Crippen LogP contribution in [0.4, 0.5) is 0 Å². The van der Waals surface area contributed by atoms with Gasteiger partial charge in [-0.15, -0.1) is 0 Å². The molecule has 0 radical (unpaired) electrons. The van der Waals surface area contributed by atoms with Crippen molar-refractivity contribution in [3.63, 3.8) is 0 Å². The zero-order valence-electron chi connectivity index (χ0n) is 23.8. The molecule has 45 heavy (non-hydrogen) atoms. The van der Waals surface area contributed by atoms with Gasteiger partial charge in [-0.05, 0) is 37.6 Å². The molecule has 15 nitrogen and oxygen atoms in total. The summed E-state index contributed by atoms with van der Waals surface area (Å²) in [5.41, 5.74) is -3.78. The molecule has 4 saturated heterocycles. The molecular formula is C30H32O15. The van der Waals surface area contributed by atoms with Crippen molar-refractivity contribution in [3.8, 4) is 17.2 Å². The van der Waals surface area contributed by atoms with Gasteiger partial charge in [0.05, 0.1) is 16.5 Å². The summed E-state index contributed by atoms with van der Waals surface area (Å²) < 4.78 is 35.3. The minimum atomic E-state index is -1.81. The molecule has 7 aliphatic rings. The normalized spacial score (nSPS) is 42.3. The molecule has 2 aromatic rings. The highest BCUT2D eigenvalue weighted by atomic mass is 16.8. The number of hydrogen-bond acceptors (Lipinski definition) is 15. The van der Waals surface area contributed by atoms with Crippen molar-refractivity contribution in [2.24, 2.45) is 11.3 Å². The van der Waals surface area contributed by atoms with Gasteiger partial charge in [-0.2, -0.15) is 0 Å². The number of ether oxygens (including phenoxy) is 6. The minimum Gasteiger partial charge on any atom is -0.504 e. The lowest BCUT2D eigenvalue weighted by Crippen LogP contribution is -2.80. The van der Waals surface area contributed by atoms with Gasteiger partial charge < -0.3 is 64.2 Å². The molecule has 1 unspecified atom stereocenters. The number of esters is 2. The Labute approximate surface area is 255 Å². The van der Waals surface area contributed by atoms with E-state index in [-0.39, 0.29) is 25.0 Å². The van der Waals surface area contributed by atoms with Gasteiger partial charge >= 0.3 is 11.9 Å². The van der Waals surface area contributed by atoms with Crippen LogP contribution < -0.4 is 0 Å². The number of rotatable bonds is 8. The van der Waals surface area contributed by atoms with Crippen molar-refractivity contribution in [1.82, 2.24) is 0 Å². The van der Waals surface area contributed by atoms with Crippen LogP contribution in [-0.4, -0.2) is 115 Å². The quantitative estimate of drug-likeness (QED) is 0.145. The molecule has 7 fully saturated rings. The summed E-state index contributed by atoms with van der Waals surface area (Å²) >= 11 is 0. The standard InChI is InChI=1S/C30H32O15/c1-27-11-29(39)18-9-30(27,28(18,26(44-27)45-29)12-41-23(37)13-5-3-2-4-6-13)43-25-22(36)21(35)20(34)17(42-25)10-40-24(38)14-7-15(31)19(33)16(32)8-14/h2-8,17-18,20-22,25-26,31-36,39H,9-12H2,1H3/t17-,18-,20-,21+,22-,25+,26-,27+,28?,29-,30+/m0/s1. The summed E-state index contributed by atoms with van der Waals surface area (Å²) in [6.07, 6.45) is -9.21. The van der Waals surface area contributed by atoms with E-state index in [0.29, 0.717) is 5.56 Å². The van der Waals surface area contributed by atoms with E-state index in [0.717, 1.165) is 12.1 Å². The van der Waals surface area contributed by atoms with Gasteiger partial charge in [0, 0.05) is 12.3 Å². The lowest BCUT2D eigenvalue weighted by atomic mass is 9.41. The maximum Gasteiger partial charge on any atom is 0.338 e. The Hall–Kier alpha value is -3.54. The fourth-order valence-corrected chi connectivity index (χ4v) is 7.82. The first-order valence-corrected chi connectivity index (χ1v) is 14.3. The van der Waals surface area contributed by atoms with Gasteiger partial charge in [-0.1, -0.05) is 18.2 Å². The molecule has 242 valence electrons. The van der Waals surface area contributed by atoms with Crippen molar-refractivity contribution in [1.29, 1.82) is 0 Å². The summed E-state index contributed by atoms with van der Waals surface area (Å²) in [6.45, 7) is 0.780. The number of aliphatic hydroxyl groups is 4. The van der Waals surface area contributed by atoms with E-state index in [9.17, 15) is 45.3 Å². The number of carbonyl (C=O) groups excluding carboxylic acids is 2. The van der Waals surface area contributed by atoms with Gasteiger partial charge in [-0.3, -0.25) is 0 Å². The molecule has 2 aromatic carbocycles. The Morgan fingerprint density at radius 3 is 2.27 bits per heavy atom. The molecule has 0 aromatic heterocycles. The van der Waals surface area contributed by atoms with Crippen molar-refractivity contribution in [3.05, 3.63) is 53.6 Å². The molecule has 0 spiro atoms. The first-order valence-electron chi connectivity index (χ1n) is 14.3. The highest BCUT2D eigenvalue weighted by Gasteiger charge is 2.94. The molecule has 3 aliphatic carbocycles. The number of carbonyl (C=O) groups is 2. The van der Waals surface area contributed by atoms with Crippen LogP contribution in [0.5, 0.6) is 17.2 Å². The van der Waals surface area contributed by atoms with E-state index in [1.165, 1.54) is 0 Å². The smallest absolute Gasteiger partial charge is 0.338 e. The second-order valence-corrected chi connectivity index (χ2v) is 12.5. The summed E-state index contributed by atoms with van der Waals surface area (Å²) in [6, 6.07) is 10.0. The number of phenols is 3. The summed E-state index contributed by atoms with van der Waals surface area (Å²) in [5, 5.41) is 72.6. The van der Waals surface area contributed by atoms with Gasteiger partial charge in [0.25, 0.3) is 0 Å². The molecule has 4 heterocycles. The topological polar surface area (TPSA) is 231 Å². The van der Waals surface area contributed by atoms with Crippen LogP contribution >= 0.6 is 0 Å². The lowest BCUT2D eigenvalue weighted by molar-refractivity contribution is -0.424. The van der Waals surface area contributed by atoms with Crippen molar-refractivity contribution >= 4 is 11.9 Å². The van der Waals surface area contributed by atoms with Crippen LogP contribution in [0.1, 0.15) is 40.5 Å². The average molecular weight is 633 g/mol. The third-order valence-electron chi connectivity index (χ3n) is 10.1. The third kappa shape index (κ3) is 4.06. The Morgan fingerprint density at radius 2 is 1.58 bits per heavy atom. The molecule has 3 saturated carbocycles. The van der Waals surface area contributed by atoms with Crippen molar-refractivity contribution < 1.29 is 73.8 Å². The number of aromatic hydroxyl groups is 3. The molecule has 15 heteroatoms. The molecule has 11 atom stereocenters. The van der Waals surface area contributed by atoms with E-state index in [2.05, 4.69) is 0 Å². The molecule has 7 N–H and O–H groups in total. The van der Waals surface area contributed by atoms with Gasteiger partial charge in [0.1, 0.15) is 48.8 Å². The Morgan fingerprint density at radius 1 is 0.911 bits per heavy atom. The second-order valence-electron chi connectivity index (χ2n) is 12.5. The van der Waals surface area contributed by atoms with Crippen molar-refractivity contribution in [2.75, 3.05) is 13.2 Å². The van der Waals surface area contributed by atoms with Crippen LogP contribution in [0.25, 0.3) is 0 Å². The summed E-state index contributed by atoms with van der Waals surface area (Å²) in [4.78, 5) is 25.5. The van der Waals surface area contributed by atoms with Crippen molar-refractivity contribution in [2.45, 2.75) is 73.8 Å². The van der Waals surface area contributed by atoms with Gasteiger partial charge in [0.2, 0.25) is 0 Å². The van der Waals surface area contributed by atoms with Crippen LogP contribution in [0, 0.1) is 11.3 Å². The number of aliphatic hydroxyl groups excluding tert-OH is 3. The van der Waals surface area contributed by atoms with Crippen LogP contribution in [0.15, 0.2) is 42.5 Å². The van der Waals surface area contributed by atoms with Gasteiger partial charge in [-0.25, -0.2) is 9.59 Å². The minimum absolute atomic E-state index is 0.00307. The molecule has 6 bridgehead atoms. The maximum absolute atomic E-state index is 12.9. The SMILES string of the molecule is C[C@]12C[C@]3(O)O[C@H](O1)C1(COC(=O)c4ccccc4)[C@@H]3C[C@]12O[C@H]1O[C@@H](COC(=O)c2cc(O)c(O)c(O)c2)[C@H](O)[C@@H](O)[C@@H]1O. The predicted molar refractivity (Wildman–Crippen MR) is 143 cm³/mol. The zero-order valence-corrected chi connectivity index (χ0v) is 23.8. The second kappa shape index (κ2) is 9.98. The molecule has 0 amide bonds. The van der Waals surface area contributed by atoms with Crippen LogP contribution in [-0.2, 0) is 28.4 Å². The Balaban J connectivity index is 1.11. The van der Waals surface area contributed by atoms with E-state index in [4.69, 9.17) is 28.4 Å². The summed E-state index contributed by atoms with van der Waals surface area (Å²) in [7, 11) is 0. The Kier molecular flexibility index (Phi) is 6.68. The van der Waals surface area contributed by atoms with E-state index in [1.54, 1.807) is 37.3 Å². The highest BCUT2D eigenvalue weighted by molar-refractivity contribution is 5.91. The molecule has 9 rings (SSSR count). The summed E-state index contributed by atoms with van der Waals surface area (Å²) in [5.74, 6) is -6.19. The fraction of sp³-hybridized carbons (Fsp3) is 0.533. The lowest BCUT2D eigenvalue weighted by Gasteiger charge is -2.67. The van der Waals surface area contributed by atoms with Gasteiger partial charge in [0.15, 0.2) is 35.6 Å². The maximum atomic E-state index is 12.9. The number of benzene rings is 2. The first kappa shape index (κ1) is 30.1. The van der Waals surface area contributed by atoms with E-state index < -0.39 is 101 Å². The largest absolute Gasteiger partial charge is 0.504 e. The number of phenolic OH excluding ortho intramolecular Hbond substituents is 3. The molecular weight excluding hydrogens is 600 g/mol. The Bertz CT molecular complexity index is 1510. The number of hydrogen-bond donors (Lipinski definition) is 7. The average Bonchev–Trinajstić information content (AvgIpc) is 3.20. The first-order chi connectivity index (χ1) is 21.3. The predicted octanol–water partition coefficient (Wildman–Crippen LogP) is -0.376. The third-order valence-corrected chi connectivity index (χ3v) is 10.1. The van der Waals surface area contributed by atoms with Crippen LogP contribution in [0.2, 0.25) is 0 Å². The molecule has 4 aliphatic heterocycles.